The van der Waals surface area contributed by atoms with Crippen LogP contribution in [0.1, 0.15) is 43.2 Å². The molecule has 1 aliphatic carbocycles. The summed E-state index contributed by atoms with van der Waals surface area (Å²) in [5, 5.41) is 2.82. The van der Waals surface area contributed by atoms with Crippen molar-refractivity contribution >= 4 is 28.3 Å². The topological polar surface area (TPSA) is 92.5 Å². The van der Waals surface area contributed by atoms with Gasteiger partial charge in [-0.3, -0.25) is 4.79 Å². The highest BCUT2D eigenvalue weighted by Gasteiger charge is 2.34. The lowest BCUT2D eigenvalue weighted by molar-refractivity contribution is -0.121. The molecule has 8 heteroatoms. The Morgan fingerprint density at radius 2 is 1.96 bits per heavy atom. The molecule has 0 aromatic heterocycles. The monoisotopic (exact) mass is 401 g/mol. The number of rotatable bonds is 6. The first kappa shape index (κ1) is 21.2. The Bertz CT molecular complexity index is 739. The third kappa shape index (κ3) is 4.57. The summed E-state index contributed by atoms with van der Waals surface area (Å²) in [5.41, 5.74) is 7.81. The number of amides is 1. The van der Waals surface area contributed by atoms with Gasteiger partial charge in [0.05, 0.1) is 4.90 Å². The first-order valence-electron chi connectivity index (χ1n) is 9.13. The third-order valence-electron chi connectivity index (χ3n) is 5.16. The van der Waals surface area contributed by atoms with Crippen LogP contribution >= 0.6 is 12.4 Å². The van der Waals surface area contributed by atoms with E-state index in [0.717, 1.165) is 44.1 Å². The van der Waals surface area contributed by atoms with Gasteiger partial charge in [-0.2, -0.15) is 4.31 Å². The van der Waals surface area contributed by atoms with Gasteiger partial charge in [0.15, 0.2) is 0 Å². The predicted octanol–water partition coefficient (Wildman–Crippen LogP) is 1.61. The second kappa shape index (κ2) is 9.17. The van der Waals surface area contributed by atoms with Crippen LogP contribution in [0.15, 0.2) is 23.1 Å². The average Bonchev–Trinajstić information content (AvgIpc) is 3.08. The van der Waals surface area contributed by atoms with Crippen LogP contribution in [-0.2, 0) is 27.7 Å². The number of piperidine rings is 1. The van der Waals surface area contributed by atoms with Gasteiger partial charge in [0, 0.05) is 32.1 Å². The summed E-state index contributed by atoms with van der Waals surface area (Å²) >= 11 is 0. The minimum absolute atomic E-state index is 0. The summed E-state index contributed by atoms with van der Waals surface area (Å²) in [6, 6.07) is 5.35. The highest BCUT2D eigenvalue weighted by atomic mass is 35.5. The third-order valence-corrected chi connectivity index (χ3v) is 7.10. The number of carbonyl (C=O) groups excluding carboxylic acids is 1. The molecule has 1 aliphatic heterocycles. The Morgan fingerprint density at radius 3 is 2.73 bits per heavy atom. The largest absolute Gasteiger partial charge is 0.354 e. The molecule has 1 amide bonds. The molecule has 26 heavy (non-hydrogen) atoms. The molecular weight excluding hydrogens is 374 g/mol. The van der Waals surface area contributed by atoms with Crippen molar-refractivity contribution in [3.63, 3.8) is 0 Å². The molecule has 1 saturated heterocycles. The Balaban J connectivity index is 0.00000243. The van der Waals surface area contributed by atoms with Gasteiger partial charge in [0.1, 0.15) is 0 Å². The van der Waals surface area contributed by atoms with Crippen LogP contribution in [0.25, 0.3) is 0 Å². The van der Waals surface area contributed by atoms with E-state index < -0.39 is 10.0 Å². The van der Waals surface area contributed by atoms with Gasteiger partial charge in [-0.05, 0) is 55.4 Å². The lowest BCUT2D eigenvalue weighted by Crippen LogP contribution is -2.49. The van der Waals surface area contributed by atoms with Crippen molar-refractivity contribution < 1.29 is 13.2 Å². The molecule has 0 saturated carbocycles. The molecule has 1 aromatic rings. The Labute approximate surface area is 162 Å². The smallest absolute Gasteiger partial charge is 0.243 e. The zero-order valence-corrected chi connectivity index (χ0v) is 16.6. The Kier molecular flexibility index (Phi) is 7.46. The standard InChI is InChI=1S/C18H27N3O3S.ClH/c19-10-9-18(22)20-13-16-6-1-2-11-21(16)25(23,24)17-8-7-14-4-3-5-15(14)12-17;/h7-8,12,16H,1-6,9-11,13,19H2,(H,20,22);1H. The van der Waals surface area contributed by atoms with Crippen molar-refractivity contribution in [1.29, 1.82) is 0 Å². The number of benzene rings is 1. The summed E-state index contributed by atoms with van der Waals surface area (Å²) in [5.74, 6) is -0.122. The molecule has 3 N–H and O–H groups in total. The number of halogens is 1. The van der Waals surface area contributed by atoms with Gasteiger partial charge < -0.3 is 11.1 Å². The molecule has 1 fully saturated rings. The van der Waals surface area contributed by atoms with E-state index in [4.69, 9.17) is 5.73 Å². The molecule has 0 spiro atoms. The van der Waals surface area contributed by atoms with Crippen molar-refractivity contribution in [2.75, 3.05) is 19.6 Å². The minimum atomic E-state index is -3.54. The zero-order valence-electron chi connectivity index (χ0n) is 14.9. The highest BCUT2D eigenvalue weighted by Crippen LogP contribution is 2.29. The number of nitrogens with zero attached hydrogens (tertiary/aromatic N) is 1. The van der Waals surface area contributed by atoms with Gasteiger partial charge in [-0.25, -0.2) is 8.42 Å². The lowest BCUT2D eigenvalue weighted by Gasteiger charge is -2.34. The number of sulfonamides is 1. The van der Waals surface area contributed by atoms with E-state index in [1.54, 1.807) is 10.4 Å². The van der Waals surface area contributed by atoms with E-state index in [1.807, 2.05) is 12.1 Å². The van der Waals surface area contributed by atoms with Crippen LogP contribution in [0.2, 0.25) is 0 Å². The Morgan fingerprint density at radius 1 is 1.19 bits per heavy atom. The molecule has 3 rings (SSSR count). The average molecular weight is 402 g/mol. The first-order chi connectivity index (χ1) is 12.0. The van der Waals surface area contributed by atoms with Crippen LogP contribution < -0.4 is 11.1 Å². The van der Waals surface area contributed by atoms with Gasteiger partial charge in [0.2, 0.25) is 15.9 Å². The van der Waals surface area contributed by atoms with E-state index in [-0.39, 0.29) is 30.8 Å². The zero-order chi connectivity index (χ0) is 17.9. The number of hydrogen-bond donors (Lipinski definition) is 2. The van der Waals surface area contributed by atoms with Crippen LogP contribution in [0.4, 0.5) is 0 Å². The van der Waals surface area contributed by atoms with E-state index >= 15 is 0 Å². The van der Waals surface area contributed by atoms with Crippen LogP contribution in [0, 0.1) is 0 Å². The van der Waals surface area contributed by atoms with E-state index in [1.165, 1.54) is 5.56 Å². The van der Waals surface area contributed by atoms with Gasteiger partial charge in [-0.1, -0.05) is 12.5 Å². The summed E-state index contributed by atoms with van der Waals surface area (Å²) in [7, 11) is -3.54. The SMILES string of the molecule is Cl.NCCC(=O)NCC1CCCCN1S(=O)(=O)c1ccc2c(c1)CCC2. The molecule has 1 atom stereocenters. The van der Waals surface area contributed by atoms with Gasteiger partial charge in [0.25, 0.3) is 0 Å². The molecular formula is C18H28ClN3O3S. The highest BCUT2D eigenvalue weighted by molar-refractivity contribution is 7.89. The fourth-order valence-electron chi connectivity index (χ4n) is 3.79. The van der Waals surface area contributed by atoms with Crippen molar-refractivity contribution in [2.45, 2.75) is 55.9 Å². The second-order valence-electron chi connectivity index (χ2n) is 6.89. The quantitative estimate of drug-likeness (QED) is 0.757. The number of hydrogen-bond acceptors (Lipinski definition) is 4. The molecule has 2 aliphatic rings. The summed E-state index contributed by atoms with van der Waals surface area (Å²) < 4.78 is 27.9. The maximum Gasteiger partial charge on any atom is 0.243 e. The van der Waals surface area contributed by atoms with E-state index in [9.17, 15) is 13.2 Å². The maximum absolute atomic E-state index is 13.2. The molecule has 0 radical (unpaired) electrons. The van der Waals surface area contributed by atoms with Crippen molar-refractivity contribution in [3.8, 4) is 0 Å². The number of nitrogens with one attached hydrogen (secondary N) is 1. The van der Waals surface area contributed by atoms with Crippen LogP contribution in [0.3, 0.4) is 0 Å². The normalized spacial score (nSPS) is 20.3. The van der Waals surface area contributed by atoms with Crippen molar-refractivity contribution in [3.05, 3.63) is 29.3 Å². The lowest BCUT2D eigenvalue weighted by atomic mass is 10.1. The van der Waals surface area contributed by atoms with Crippen LogP contribution in [0.5, 0.6) is 0 Å². The second-order valence-corrected chi connectivity index (χ2v) is 8.78. The summed E-state index contributed by atoms with van der Waals surface area (Å²) in [6.07, 6.45) is 5.97. The minimum Gasteiger partial charge on any atom is -0.354 e. The summed E-state index contributed by atoms with van der Waals surface area (Å²) in [6.45, 7) is 1.16. The molecule has 1 aromatic carbocycles. The number of fused-ring (bicyclic) bond motifs is 1. The molecule has 1 unspecified atom stereocenters. The molecule has 6 nitrogen and oxygen atoms in total. The predicted molar refractivity (Wildman–Crippen MR) is 104 cm³/mol. The Hall–Kier alpha value is -1.15. The van der Waals surface area contributed by atoms with Crippen LogP contribution in [-0.4, -0.2) is 44.3 Å². The fourth-order valence-corrected chi connectivity index (χ4v) is 5.53. The molecule has 0 bridgehead atoms. The van der Waals surface area contributed by atoms with Crippen molar-refractivity contribution in [1.82, 2.24) is 9.62 Å². The number of carbonyl (C=O) groups is 1. The molecule has 1 heterocycles. The maximum atomic E-state index is 13.2. The van der Waals surface area contributed by atoms with Crippen molar-refractivity contribution in [2.24, 2.45) is 5.73 Å². The first-order valence-corrected chi connectivity index (χ1v) is 10.6. The summed E-state index contributed by atoms with van der Waals surface area (Å²) in [4.78, 5) is 12.1. The fraction of sp³-hybridized carbons (Fsp3) is 0.611. The van der Waals surface area contributed by atoms with Gasteiger partial charge >= 0.3 is 0 Å². The van der Waals surface area contributed by atoms with Gasteiger partial charge in [-0.15, -0.1) is 12.4 Å². The van der Waals surface area contributed by atoms with E-state index in [2.05, 4.69) is 5.32 Å². The van der Waals surface area contributed by atoms with E-state index in [0.29, 0.717) is 24.5 Å². The number of nitrogens with two attached hydrogens (primary N) is 1. The molecule has 146 valence electrons. The number of aryl methyl sites for hydroxylation is 2.